The second-order valence-electron chi connectivity index (χ2n) is 5.60. The number of rotatable bonds is 4. The molecule has 0 bridgehead atoms. The standard InChI is InChI=1S/C15H20N4O3/c1-22-11-14(20)17-6-7-19-13(9-17)10-18(15(19)21)8-12-4-2-3-5-16-12/h2-5,13H,6-11H2,1H3. The number of nitrogens with zero attached hydrogens (tertiary/aromatic N) is 4. The van der Waals surface area contributed by atoms with Gasteiger partial charge in [-0.15, -0.1) is 0 Å². The van der Waals surface area contributed by atoms with Gasteiger partial charge < -0.3 is 19.4 Å². The van der Waals surface area contributed by atoms with Gasteiger partial charge in [0.05, 0.1) is 18.3 Å². The molecule has 0 aliphatic carbocycles. The number of carbonyl (C=O) groups excluding carboxylic acids is 2. The van der Waals surface area contributed by atoms with Gasteiger partial charge in [-0.2, -0.15) is 0 Å². The molecule has 0 radical (unpaired) electrons. The summed E-state index contributed by atoms with van der Waals surface area (Å²) in [5.41, 5.74) is 0.878. The molecular formula is C15H20N4O3. The number of hydrogen-bond donors (Lipinski definition) is 0. The van der Waals surface area contributed by atoms with Crippen LogP contribution >= 0.6 is 0 Å². The van der Waals surface area contributed by atoms with E-state index in [1.54, 1.807) is 16.0 Å². The largest absolute Gasteiger partial charge is 0.375 e. The predicted octanol–water partition coefficient (Wildman–Crippen LogP) is 0.176. The number of hydrogen-bond acceptors (Lipinski definition) is 4. The van der Waals surface area contributed by atoms with E-state index in [4.69, 9.17) is 4.74 Å². The Kier molecular flexibility index (Phi) is 4.24. The Balaban J connectivity index is 1.63. The minimum atomic E-state index is -0.0159. The van der Waals surface area contributed by atoms with Gasteiger partial charge in [0.25, 0.3) is 0 Å². The zero-order valence-electron chi connectivity index (χ0n) is 12.6. The van der Waals surface area contributed by atoms with E-state index in [1.165, 1.54) is 7.11 Å². The van der Waals surface area contributed by atoms with Gasteiger partial charge in [0, 0.05) is 39.5 Å². The van der Waals surface area contributed by atoms with Crippen molar-refractivity contribution in [3.63, 3.8) is 0 Å². The molecule has 1 unspecified atom stereocenters. The molecule has 0 N–H and O–H groups in total. The van der Waals surface area contributed by atoms with Crippen LogP contribution in [0.1, 0.15) is 5.69 Å². The van der Waals surface area contributed by atoms with Gasteiger partial charge in [-0.25, -0.2) is 4.79 Å². The summed E-state index contributed by atoms with van der Waals surface area (Å²) < 4.78 is 4.90. The van der Waals surface area contributed by atoms with Crippen LogP contribution in [0.4, 0.5) is 4.79 Å². The SMILES string of the molecule is COCC(=O)N1CCN2C(=O)N(Cc3ccccn3)CC2C1. The zero-order valence-corrected chi connectivity index (χ0v) is 12.6. The topological polar surface area (TPSA) is 66.0 Å². The van der Waals surface area contributed by atoms with Gasteiger partial charge in [0.1, 0.15) is 6.61 Å². The number of ether oxygens (including phenoxy) is 1. The average molecular weight is 304 g/mol. The van der Waals surface area contributed by atoms with E-state index >= 15 is 0 Å². The van der Waals surface area contributed by atoms with Crippen LogP contribution in [0.15, 0.2) is 24.4 Å². The van der Waals surface area contributed by atoms with Gasteiger partial charge >= 0.3 is 6.03 Å². The third-order valence-corrected chi connectivity index (χ3v) is 4.13. The summed E-state index contributed by atoms with van der Waals surface area (Å²) in [5, 5.41) is 0. The van der Waals surface area contributed by atoms with Crippen LogP contribution in [0.25, 0.3) is 0 Å². The van der Waals surface area contributed by atoms with Gasteiger partial charge in [-0.3, -0.25) is 9.78 Å². The van der Waals surface area contributed by atoms with E-state index in [0.29, 0.717) is 32.7 Å². The van der Waals surface area contributed by atoms with E-state index in [0.717, 1.165) is 5.69 Å². The maximum Gasteiger partial charge on any atom is 0.320 e. The summed E-state index contributed by atoms with van der Waals surface area (Å²) >= 11 is 0. The van der Waals surface area contributed by atoms with E-state index in [1.807, 2.05) is 23.1 Å². The monoisotopic (exact) mass is 304 g/mol. The highest BCUT2D eigenvalue weighted by Crippen LogP contribution is 2.22. The lowest BCUT2D eigenvalue weighted by atomic mass is 10.2. The molecule has 118 valence electrons. The number of amides is 3. The molecule has 3 rings (SSSR count). The summed E-state index contributed by atoms with van der Waals surface area (Å²) in [7, 11) is 1.52. The summed E-state index contributed by atoms with van der Waals surface area (Å²) in [4.78, 5) is 34.1. The van der Waals surface area contributed by atoms with Crippen LogP contribution in [-0.2, 0) is 16.1 Å². The van der Waals surface area contributed by atoms with Crippen molar-refractivity contribution >= 4 is 11.9 Å². The Labute approximate surface area is 129 Å². The Bertz CT molecular complexity index is 551. The lowest BCUT2D eigenvalue weighted by Gasteiger charge is -2.36. The number of urea groups is 1. The van der Waals surface area contributed by atoms with E-state index < -0.39 is 0 Å². The first kappa shape index (κ1) is 14.8. The summed E-state index contributed by atoms with van der Waals surface area (Å²) in [6.07, 6.45) is 1.73. The average Bonchev–Trinajstić information content (AvgIpc) is 2.84. The molecule has 3 amide bonds. The normalized spacial score (nSPS) is 21.2. The molecule has 7 heteroatoms. The zero-order chi connectivity index (χ0) is 15.5. The third-order valence-electron chi connectivity index (χ3n) is 4.13. The lowest BCUT2D eigenvalue weighted by Crippen LogP contribution is -2.54. The second kappa shape index (κ2) is 6.31. The summed E-state index contributed by atoms with van der Waals surface area (Å²) in [6.45, 7) is 2.97. The van der Waals surface area contributed by atoms with Crippen LogP contribution in [-0.4, -0.2) is 77.6 Å². The minimum Gasteiger partial charge on any atom is -0.375 e. The molecule has 2 aliphatic rings. The van der Waals surface area contributed by atoms with Crippen molar-refractivity contribution in [1.29, 1.82) is 0 Å². The van der Waals surface area contributed by atoms with Crippen molar-refractivity contribution in [3.05, 3.63) is 30.1 Å². The lowest BCUT2D eigenvalue weighted by molar-refractivity contribution is -0.137. The highest BCUT2D eigenvalue weighted by atomic mass is 16.5. The number of piperazine rings is 1. The molecule has 22 heavy (non-hydrogen) atoms. The number of aromatic nitrogens is 1. The maximum absolute atomic E-state index is 12.4. The van der Waals surface area contributed by atoms with E-state index in [9.17, 15) is 9.59 Å². The van der Waals surface area contributed by atoms with Crippen LogP contribution < -0.4 is 0 Å². The highest BCUT2D eigenvalue weighted by Gasteiger charge is 2.41. The molecule has 7 nitrogen and oxygen atoms in total. The molecule has 0 saturated carbocycles. The maximum atomic E-state index is 12.4. The van der Waals surface area contributed by atoms with E-state index in [-0.39, 0.29) is 24.6 Å². The summed E-state index contributed by atoms with van der Waals surface area (Å²) in [6, 6.07) is 5.79. The van der Waals surface area contributed by atoms with Crippen molar-refractivity contribution in [2.75, 3.05) is 39.9 Å². The van der Waals surface area contributed by atoms with Gasteiger partial charge in [-0.1, -0.05) is 6.07 Å². The predicted molar refractivity (Wildman–Crippen MR) is 79.0 cm³/mol. The number of carbonyl (C=O) groups is 2. The molecule has 1 aromatic rings. The Morgan fingerprint density at radius 3 is 2.95 bits per heavy atom. The van der Waals surface area contributed by atoms with Crippen molar-refractivity contribution in [2.45, 2.75) is 12.6 Å². The Morgan fingerprint density at radius 1 is 1.36 bits per heavy atom. The Hall–Kier alpha value is -2.15. The van der Waals surface area contributed by atoms with Gasteiger partial charge in [0.2, 0.25) is 5.91 Å². The highest BCUT2D eigenvalue weighted by molar-refractivity contribution is 5.80. The van der Waals surface area contributed by atoms with Crippen LogP contribution in [0.3, 0.4) is 0 Å². The van der Waals surface area contributed by atoms with Crippen LogP contribution in [0, 0.1) is 0 Å². The molecule has 1 atom stereocenters. The van der Waals surface area contributed by atoms with Crippen LogP contribution in [0.5, 0.6) is 0 Å². The molecule has 2 fully saturated rings. The number of pyridine rings is 1. The third kappa shape index (κ3) is 2.89. The second-order valence-corrected chi connectivity index (χ2v) is 5.60. The molecule has 0 spiro atoms. The van der Waals surface area contributed by atoms with Gasteiger partial charge in [0.15, 0.2) is 0 Å². The molecule has 3 heterocycles. The first-order valence-electron chi connectivity index (χ1n) is 7.41. The molecule has 2 saturated heterocycles. The van der Waals surface area contributed by atoms with Crippen molar-refractivity contribution in [1.82, 2.24) is 19.7 Å². The smallest absolute Gasteiger partial charge is 0.320 e. The Morgan fingerprint density at radius 2 is 2.23 bits per heavy atom. The van der Waals surface area contributed by atoms with Crippen molar-refractivity contribution in [2.24, 2.45) is 0 Å². The van der Waals surface area contributed by atoms with Crippen molar-refractivity contribution in [3.8, 4) is 0 Å². The van der Waals surface area contributed by atoms with E-state index in [2.05, 4.69) is 4.98 Å². The fourth-order valence-electron chi connectivity index (χ4n) is 3.04. The fourth-order valence-corrected chi connectivity index (χ4v) is 3.04. The molecule has 0 aromatic carbocycles. The quantitative estimate of drug-likeness (QED) is 0.796. The number of methoxy groups -OCH3 is 1. The van der Waals surface area contributed by atoms with Crippen molar-refractivity contribution < 1.29 is 14.3 Å². The van der Waals surface area contributed by atoms with Gasteiger partial charge in [-0.05, 0) is 12.1 Å². The molecule has 1 aromatic heterocycles. The molecular weight excluding hydrogens is 284 g/mol. The minimum absolute atomic E-state index is 0.0159. The summed E-state index contributed by atoms with van der Waals surface area (Å²) in [5.74, 6) is -0.0159. The number of fused-ring (bicyclic) bond motifs is 1. The fraction of sp³-hybridized carbons (Fsp3) is 0.533. The first-order valence-corrected chi connectivity index (χ1v) is 7.41. The molecule has 2 aliphatic heterocycles. The van der Waals surface area contributed by atoms with Crippen LogP contribution in [0.2, 0.25) is 0 Å². The first-order chi connectivity index (χ1) is 10.7.